The Hall–Kier alpha value is -3.28. The molecular formula is C31H41FN6O3S. The fraction of sp³-hybridized carbons (Fsp3) is 0.516. The maximum absolute atomic E-state index is 14.0. The lowest BCUT2D eigenvalue weighted by Gasteiger charge is -2.36. The second-order valence-corrected chi connectivity index (χ2v) is 11.4. The normalized spacial score (nSPS) is 16.2. The van der Waals surface area contributed by atoms with Crippen LogP contribution in [0.4, 0.5) is 15.8 Å². The average Bonchev–Trinajstić information content (AvgIpc) is 3.01. The largest absolute Gasteiger partial charge is 0.378 e. The van der Waals surface area contributed by atoms with Gasteiger partial charge in [-0.1, -0.05) is 18.6 Å². The highest BCUT2D eigenvalue weighted by atomic mass is 32.1. The summed E-state index contributed by atoms with van der Waals surface area (Å²) >= 11 is 5.48. The van der Waals surface area contributed by atoms with Gasteiger partial charge in [0.1, 0.15) is 5.82 Å². The zero-order chi connectivity index (χ0) is 29.3. The van der Waals surface area contributed by atoms with Crippen LogP contribution in [-0.4, -0.2) is 85.9 Å². The average molecular weight is 597 g/mol. The fourth-order valence-electron chi connectivity index (χ4n) is 5.73. The Morgan fingerprint density at radius 1 is 0.929 bits per heavy atom. The van der Waals surface area contributed by atoms with E-state index < -0.39 is 0 Å². The standard InChI is InChI=1S/C31H41FN6O3S/c32-26-7-3-4-8-28(26)37-17-15-35(16-18-37)13-6-12-33-29(39)9-2-1-5-14-38-30(40)25-23-24(36-19-21-41-22-20-36)10-11-27(25)34-31(38)42/h3-4,7-8,10-11,23H,1-2,5-6,9,12-22H2,(H,33,39)(H,34,42). The molecular weight excluding hydrogens is 555 g/mol. The summed E-state index contributed by atoms with van der Waals surface area (Å²) in [6, 6.07) is 12.8. The Balaban J connectivity index is 0.982. The lowest BCUT2D eigenvalue weighted by Crippen LogP contribution is -2.47. The number of nitrogens with zero attached hydrogens (tertiary/aromatic N) is 4. The van der Waals surface area contributed by atoms with E-state index in [0.717, 1.165) is 82.7 Å². The minimum absolute atomic E-state index is 0.0650. The first-order valence-electron chi connectivity index (χ1n) is 15.1. The number of nitrogens with one attached hydrogen (secondary N) is 2. The SMILES string of the molecule is O=C(CCCCCn1c(=S)[nH]c2ccc(N3CCOCC3)cc2c1=O)NCCCN1CCN(c2ccccc2F)CC1. The molecule has 1 aromatic heterocycles. The van der Waals surface area contributed by atoms with Crippen LogP contribution in [0.1, 0.15) is 32.1 Å². The minimum atomic E-state index is -0.168. The molecule has 2 fully saturated rings. The third-order valence-electron chi connectivity index (χ3n) is 8.17. The molecule has 2 N–H and O–H groups in total. The van der Waals surface area contributed by atoms with Crippen LogP contribution in [0.5, 0.6) is 0 Å². The number of hydrogen-bond acceptors (Lipinski definition) is 7. The number of rotatable bonds is 12. The van der Waals surface area contributed by atoms with E-state index in [9.17, 15) is 14.0 Å². The van der Waals surface area contributed by atoms with Crippen LogP contribution in [0.2, 0.25) is 0 Å². The van der Waals surface area contributed by atoms with Gasteiger partial charge in [-0.15, -0.1) is 0 Å². The van der Waals surface area contributed by atoms with Crippen LogP contribution in [-0.2, 0) is 16.1 Å². The quantitative estimate of drug-likeness (QED) is 0.242. The lowest BCUT2D eigenvalue weighted by atomic mass is 10.1. The van der Waals surface area contributed by atoms with Crippen molar-refractivity contribution in [3.63, 3.8) is 0 Å². The number of amides is 1. The number of H-pyrrole nitrogens is 1. The van der Waals surface area contributed by atoms with Gasteiger partial charge < -0.3 is 24.8 Å². The number of hydrogen-bond donors (Lipinski definition) is 2. The molecule has 3 aromatic rings. The Morgan fingerprint density at radius 3 is 2.50 bits per heavy atom. The highest BCUT2D eigenvalue weighted by Crippen LogP contribution is 2.21. The molecule has 9 nitrogen and oxygen atoms in total. The van der Waals surface area contributed by atoms with Gasteiger partial charge in [-0.2, -0.15) is 0 Å². The topological polar surface area (TPSA) is 85.8 Å². The number of piperazine rings is 1. The van der Waals surface area contributed by atoms with Crippen LogP contribution in [0.3, 0.4) is 0 Å². The first-order valence-corrected chi connectivity index (χ1v) is 15.5. The third kappa shape index (κ3) is 7.76. The van der Waals surface area contributed by atoms with Crippen LogP contribution in [0.15, 0.2) is 47.3 Å². The highest BCUT2D eigenvalue weighted by Gasteiger charge is 2.19. The predicted octanol–water partition coefficient (Wildman–Crippen LogP) is 3.92. The van der Waals surface area contributed by atoms with Gasteiger partial charge in [0.2, 0.25) is 5.91 Å². The second-order valence-electron chi connectivity index (χ2n) is 11.0. The van der Waals surface area contributed by atoms with Crippen LogP contribution in [0, 0.1) is 10.6 Å². The number of morpholine rings is 1. The molecule has 0 unspecified atom stereocenters. The molecule has 11 heteroatoms. The number of anilines is 2. The number of fused-ring (bicyclic) bond motifs is 1. The fourth-order valence-corrected chi connectivity index (χ4v) is 6.02. The number of carbonyl (C=O) groups is 1. The molecule has 3 heterocycles. The van der Waals surface area contributed by atoms with Crippen molar-refractivity contribution in [3.05, 3.63) is 63.4 Å². The summed E-state index contributed by atoms with van der Waals surface area (Å²) in [5, 5.41) is 3.67. The first-order chi connectivity index (χ1) is 20.5. The molecule has 1 amide bonds. The lowest BCUT2D eigenvalue weighted by molar-refractivity contribution is -0.121. The highest BCUT2D eigenvalue weighted by molar-refractivity contribution is 7.71. The van der Waals surface area contributed by atoms with Gasteiger partial charge in [0.05, 0.1) is 29.8 Å². The molecule has 5 rings (SSSR count). The van der Waals surface area contributed by atoms with Crippen molar-refractivity contribution in [3.8, 4) is 0 Å². The molecule has 0 spiro atoms. The van der Waals surface area contributed by atoms with Gasteiger partial charge in [0.25, 0.3) is 5.56 Å². The Kier molecular flexibility index (Phi) is 10.6. The number of benzene rings is 2. The van der Waals surface area contributed by atoms with Gasteiger partial charge in [-0.3, -0.25) is 19.1 Å². The van der Waals surface area contributed by atoms with E-state index in [1.165, 1.54) is 6.07 Å². The van der Waals surface area contributed by atoms with E-state index in [1.807, 2.05) is 30.3 Å². The van der Waals surface area contributed by atoms with Gasteiger partial charge in [0.15, 0.2) is 4.77 Å². The monoisotopic (exact) mass is 596 g/mol. The van der Waals surface area contributed by atoms with Crippen molar-refractivity contribution in [2.45, 2.75) is 38.6 Å². The summed E-state index contributed by atoms with van der Waals surface area (Å²) in [5.74, 6) is -0.103. The molecule has 2 aliphatic heterocycles. The molecule has 2 aromatic carbocycles. The van der Waals surface area contributed by atoms with Crippen molar-refractivity contribution >= 4 is 40.4 Å². The van der Waals surface area contributed by atoms with Crippen molar-refractivity contribution in [2.75, 3.05) is 75.4 Å². The number of halogens is 1. The molecule has 0 atom stereocenters. The Morgan fingerprint density at radius 2 is 1.71 bits per heavy atom. The summed E-state index contributed by atoms with van der Waals surface area (Å²) in [6.07, 6.45) is 3.75. The maximum atomic E-state index is 14.0. The zero-order valence-electron chi connectivity index (χ0n) is 24.2. The van der Waals surface area contributed by atoms with E-state index in [-0.39, 0.29) is 17.3 Å². The Bertz CT molecular complexity index is 1460. The number of aromatic nitrogens is 2. The van der Waals surface area contributed by atoms with Gasteiger partial charge in [-0.05, 0) is 68.4 Å². The van der Waals surface area contributed by atoms with Crippen LogP contribution in [0.25, 0.3) is 10.9 Å². The van der Waals surface area contributed by atoms with Gasteiger partial charge in [-0.25, -0.2) is 4.39 Å². The van der Waals surface area contributed by atoms with Crippen LogP contribution < -0.4 is 20.7 Å². The molecule has 2 aliphatic rings. The summed E-state index contributed by atoms with van der Waals surface area (Å²) in [4.78, 5) is 35.5. The third-order valence-corrected chi connectivity index (χ3v) is 8.49. The zero-order valence-corrected chi connectivity index (χ0v) is 25.0. The maximum Gasteiger partial charge on any atom is 0.262 e. The summed E-state index contributed by atoms with van der Waals surface area (Å²) < 4.78 is 21.5. The Labute approximate surface area is 251 Å². The summed E-state index contributed by atoms with van der Waals surface area (Å²) in [5.41, 5.74) is 2.37. The van der Waals surface area contributed by atoms with Gasteiger partial charge in [0, 0.05) is 64.5 Å². The minimum Gasteiger partial charge on any atom is -0.378 e. The molecule has 0 radical (unpaired) electrons. The van der Waals surface area contributed by atoms with Crippen LogP contribution >= 0.6 is 12.2 Å². The first kappa shape index (κ1) is 30.2. The van der Waals surface area contributed by atoms with Crippen molar-refractivity contribution in [1.82, 2.24) is 19.8 Å². The van der Waals surface area contributed by atoms with Crippen molar-refractivity contribution in [2.24, 2.45) is 0 Å². The van der Waals surface area contributed by atoms with E-state index in [0.29, 0.717) is 48.6 Å². The molecule has 42 heavy (non-hydrogen) atoms. The van der Waals surface area contributed by atoms with Crippen molar-refractivity contribution < 1.29 is 13.9 Å². The van der Waals surface area contributed by atoms with E-state index in [1.54, 1.807) is 10.6 Å². The summed E-state index contributed by atoms with van der Waals surface area (Å²) in [6.45, 7) is 8.49. The second kappa shape index (κ2) is 14.8. The van der Waals surface area contributed by atoms with Gasteiger partial charge >= 0.3 is 0 Å². The number of aromatic amines is 1. The number of unbranched alkanes of at least 4 members (excludes halogenated alkanes) is 2. The van der Waals surface area contributed by atoms with E-state index in [2.05, 4.69) is 25.0 Å². The number of para-hydroxylation sites is 1. The van der Waals surface area contributed by atoms with Crippen molar-refractivity contribution in [1.29, 1.82) is 0 Å². The van der Waals surface area contributed by atoms with E-state index in [4.69, 9.17) is 17.0 Å². The summed E-state index contributed by atoms with van der Waals surface area (Å²) in [7, 11) is 0. The molecule has 226 valence electrons. The number of carbonyl (C=O) groups excluding carboxylic acids is 1. The number of ether oxygens (including phenoxy) is 1. The molecule has 0 aliphatic carbocycles. The predicted molar refractivity (Wildman–Crippen MR) is 168 cm³/mol. The smallest absolute Gasteiger partial charge is 0.262 e. The molecule has 0 saturated carbocycles. The molecule has 0 bridgehead atoms. The molecule has 2 saturated heterocycles. The van der Waals surface area contributed by atoms with E-state index >= 15 is 0 Å².